The fourth-order valence-corrected chi connectivity index (χ4v) is 3.01. The number of para-hydroxylation sites is 1. The van der Waals surface area contributed by atoms with Crippen LogP contribution in [0.15, 0.2) is 24.3 Å². The summed E-state index contributed by atoms with van der Waals surface area (Å²) in [6.07, 6.45) is 2.37. The first kappa shape index (κ1) is 14.4. The summed E-state index contributed by atoms with van der Waals surface area (Å²) in [6.45, 7) is 12.4. The predicted octanol–water partition coefficient (Wildman–Crippen LogP) is 3.60. The summed E-state index contributed by atoms with van der Waals surface area (Å²) < 4.78 is 0. The van der Waals surface area contributed by atoms with Gasteiger partial charge in [0, 0.05) is 29.9 Å². The number of fused-ring (bicyclic) bond motifs is 1. The van der Waals surface area contributed by atoms with Crippen LogP contribution in [0, 0.1) is 0 Å². The molecule has 1 aliphatic rings. The van der Waals surface area contributed by atoms with Gasteiger partial charge < -0.3 is 10.2 Å². The molecule has 2 nitrogen and oxygen atoms in total. The van der Waals surface area contributed by atoms with Gasteiger partial charge in [0.2, 0.25) is 0 Å². The Kier molecular flexibility index (Phi) is 4.19. The molecule has 106 valence electrons. The molecule has 0 saturated carbocycles. The number of anilines is 1. The Morgan fingerprint density at radius 3 is 2.63 bits per heavy atom. The number of nitrogens with one attached hydrogen (secondary N) is 1. The summed E-state index contributed by atoms with van der Waals surface area (Å²) in [7, 11) is 0. The number of hydrogen-bond donors (Lipinski definition) is 1. The van der Waals surface area contributed by atoms with Gasteiger partial charge in [0.05, 0.1) is 0 Å². The first-order chi connectivity index (χ1) is 8.92. The zero-order chi connectivity index (χ0) is 14.0. The van der Waals surface area contributed by atoms with E-state index in [4.69, 9.17) is 0 Å². The molecule has 1 N–H and O–H groups in total. The minimum Gasteiger partial charge on any atom is -0.364 e. The number of rotatable bonds is 4. The van der Waals surface area contributed by atoms with Crippen molar-refractivity contribution in [1.29, 1.82) is 0 Å². The van der Waals surface area contributed by atoms with Crippen LogP contribution in [0.25, 0.3) is 0 Å². The van der Waals surface area contributed by atoms with Crippen LogP contribution in [0.2, 0.25) is 0 Å². The lowest BCUT2D eigenvalue weighted by Crippen LogP contribution is -2.49. The number of hydrogen-bond acceptors (Lipinski definition) is 2. The fourth-order valence-electron chi connectivity index (χ4n) is 3.01. The Labute approximate surface area is 118 Å². The summed E-state index contributed by atoms with van der Waals surface area (Å²) in [5.74, 6) is 0. The van der Waals surface area contributed by atoms with Crippen LogP contribution < -0.4 is 10.2 Å². The van der Waals surface area contributed by atoms with E-state index in [1.54, 1.807) is 0 Å². The highest BCUT2D eigenvalue weighted by molar-refractivity contribution is 5.60. The standard InChI is InChI=1S/C17H28N2/c1-6-15(12-18-17(3,4)5)19-13(2)11-14-9-7-8-10-16(14)19/h7-10,13,15,18H,6,11-12H2,1-5H3. The molecule has 2 rings (SSSR count). The summed E-state index contributed by atoms with van der Waals surface area (Å²) in [5, 5.41) is 3.66. The molecule has 1 aliphatic heterocycles. The predicted molar refractivity (Wildman–Crippen MR) is 83.9 cm³/mol. The second-order valence-electron chi connectivity index (χ2n) is 6.78. The first-order valence-electron chi connectivity index (χ1n) is 7.53. The quantitative estimate of drug-likeness (QED) is 0.890. The Hall–Kier alpha value is -1.02. The van der Waals surface area contributed by atoms with Gasteiger partial charge in [0.1, 0.15) is 0 Å². The zero-order valence-electron chi connectivity index (χ0n) is 13.0. The Morgan fingerprint density at radius 1 is 1.32 bits per heavy atom. The van der Waals surface area contributed by atoms with Gasteiger partial charge in [-0.25, -0.2) is 0 Å². The molecule has 0 spiro atoms. The van der Waals surface area contributed by atoms with Crippen LogP contribution in [0.1, 0.15) is 46.6 Å². The van der Waals surface area contributed by atoms with Crippen molar-refractivity contribution < 1.29 is 0 Å². The highest BCUT2D eigenvalue weighted by Crippen LogP contribution is 2.34. The van der Waals surface area contributed by atoms with Crippen LogP contribution >= 0.6 is 0 Å². The van der Waals surface area contributed by atoms with Crippen molar-refractivity contribution in [3.8, 4) is 0 Å². The Bertz CT molecular complexity index is 420. The topological polar surface area (TPSA) is 15.3 Å². The average molecular weight is 260 g/mol. The third-order valence-corrected chi connectivity index (χ3v) is 3.99. The van der Waals surface area contributed by atoms with Crippen molar-refractivity contribution in [3.63, 3.8) is 0 Å². The maximum atomic E-state index is 3.66. The van der Waals surface area contributed by atoms with E-state index in [1.165, 1.54) is 24.1 Å². The Balaban J connectivity index is 2.14. The van der Waals surface area contributed by atoms with Gasteiger partial charge in [0.25, 0.3) is 0 Å². The van der Waals surface area contributed by atoms with E-state index < -0.39 is 0 Å². The lowest BCUT2D eigenvalue weighted by atomic mass is 10.1. The molecule has 2 atom stereocenters. The molecular weight excluding hydrogens is 232 g/mol. The summed E-state index contributed by atoms with van der Waals surface area (Å²) in [4.78, 5) is 2.62. The molecule has 0 radical (unpaired) electrons. The van der Waals surface area contributed by atoms with Crippen LogP contribution in [0.4, 0.5) is 5.69 Å². The van der Waals surface area contributed by atoms with E-state index in [9.17, 15) is 0 Å². The van der Waals surface area contributed by atoms with E-state index in [2.05, 4.69) is 69.1 Å². The summed E-state index contributed by atoms with van der Waals surface area (Å²) in [6, 6.07) is 10.1. The SMILES string of the molecule is CCC(CNC(C)(C)C)N1c2ccccc2CC1C. The van der Waals surface area contributed by atoms with Crippen molar-refractivity contribution in [2.75, 3.05) is 11.4 Å². The largest absolute Gasteiger partial charge is 0.364 e. The molecule has 0 aliphatic carbocycles. The molecule has 0 amide bonds. The molecule has 19 heavy (non-hydrogen) atoms. The highest BCUT2D eigenvalue weighted by atomic mass is 15.2. The molecule has 0 bridgehead atoms. The van der Waals surface area contributed by atoms with Crippen molar-refractivity contribution in [2.45, 2.75) is 65.1 Å². The minimum atomic E-state index is 0.190. The van der Waals surface area contributed by atoms with E-state index in [1.807, 2.05) is 0 Å². The smallest absolute Gasteiger partial charge is 0.0415 e. The van der Waals surface area contributed by atoms with Gasteiger partial charge in [-0.15, -0.1) is 0 Å². The molecule has 0 saturated heterocycles. The fraction of sp³-hybridized carbons (Fsp3) is 0.647. The summed E-state index contributed by atoms with van der Waals surface area (Å²) >= 11 is 0. The van der Waals surface area contributed by atoms with Crippen molar-refractivity contribution in [2.24, 2.45) is 0 Å². The van der Waals surface area contributed by atoms with Gasteiger partial charge in [-0.3, -0.25) is 0 Å². The van der Waals surface area contributed by atoms with Crippen LogP contribution in [-0.2, 0) is 6.42 Å². The van der Waals surface area contributed by atoms with E-state index in [0.717, 1.165) is 6.54 Å². The third-order valence-electron chi connectivity index (χ3n) is 3.99. The monoisotopic (exact) mass is 260 g/mol. The number of benzene rings is 1. The van der Waals surface area contributed by atoms with Crippen molar-refractivity contribution in [1.82, 2.24) is 5.32 Å². The highest BCUT2D eigenvalue weighted by Gasteiger charge is 2.30. The Morgan fingerprint density at radius 2 is 2.00 bits per heavy atom. The molecule has 1 aromatic carbocycles. The average Bonchev–Trinajstić information content (AvgIpc) is 2.66. The molecule has 2 unspecified atom stereocenters. The van der Waals surface area contributed by atoms with E-state index in [0.29, 0.717) is 12.1 Å². The molecule has 2 heteroatoms. The second-order valence-corrected chi connectivity index (χ2v) is 6.78. The first-order valence-corrected chi connectivity index (χ1v) is 7.53. The van der Waals surface area contributed by atoms with Crippen LogP contribution in [-0.4, -0.2) is 24.2 Å². The molecule has 0 aromatic heterocycles. The summed E-state index contributed by atoms with van der Waals surface area (Å²) in [5.41, 5.74) is 3.14. The maximum Gasteiger partial charge on any atom is 0.0415 e. The molecular formula is C17H28N2. The van der Waals surface area contributed by atoms with Gasteiger partial charge in [-0.05, 0) is 52.2 Å². The lowest BCUT2D eigenvalue weighted by Gasteiger charge is -2.36. The second kappa shape index (κ2) is 5.54. The van der Waals surface area contributed by atoms with Crippen LogP contribution in [0.3, 0.4) is 0 Å². The van der Waals surface area contributed by atoms with Gasteiger partial charge in [0.15, 0.2) is 0 Å². The lowest BCUT2D eigenvalue weighted by molar-refractivity contribution is 0.386. The zero-order valence-corrected chi connectivity index (χ0v) is 13.0. The van der Waals surface area contributed by atoms with Crippen LogP contribution in [0.5, 0.6) is 0 Å². The van der Waals surface area contributed by atoms with Crippen molar-refractivity contribution in [3.05, 3.63) is 29.8 Å². The van der Waals surface area contributed by atoms with E-state index in [-0.39, 0.29) is 5.54 Å². The molecule has 1 heterocycles. The van der Waals surface area contributed by atoms with Gasteiger partial charge >= 0.3 is 0 Å². The van der Waals surface area contributed by atoms with E-state index >= 15 is 0 Å². The maximum absolute atomic E-state index is 3.66. The van der Waals surface area contributed by atoms with Gasteiger partial charge in [-0.2, -0.15) is 0 Å². The van der Waals surface area contributed by atoms with Gasteiger partial charge in [-0.1, -0.05) is 25.1 Å². The minimum absolute atomic E-state index is 0.190. The molecule has 0 fully saturated rings. The third kappa shape index (κ3) is 3.30. The normalized spacial score (nSPS) is 20.5. The van der Waals surface area contributed by atoms with Crippen molar-refractivity contribution >= 4 is 5.69 Å². The molecule has 1 aromatic rings. The number of nitrogens with zero attached hydrogens (tertiary/aromatic N) is 1.